The highest BCUT2D eigenvalue weighted by Gasteiger charge is 2.56. The summed E-state index contributed by atoms with van der Waals surface area (Å²) in [5, 5.41) is 6.36. The number of hydrogen-bond acceptors (Lipinski definition) is 8. The Morgan fingerprint density at radius 1 is 0.951 bits per heavy atom. The fraction of sp³-hybridized carbons (Fsp3) is 0.372. The summed E-state index contributed by atoms with van der Waals surface area (Å²) in [6.07, 6.45) is -4.15. The summed E-state index contributed by atoms with van der Waals surface area (Å²) in [5.41, 5.74) is 3.48. The molecule has 6 rings (SSSR count). The van der Waals surface area contributed by atoms with Crippen molar-refractivity contribution in [1.29, 1.82) is 0 Å². The second-order valence-electron chi connectivity index (χ2n) is 15.6. The van der Waals surface area contributed by atoms with E-state index in [1.54, 1.807) is 51.1 Å². The van der Waals surface area contributed by atoms with E-state index < -0.39 is 42.2 Å². The average Bonchev–Trinajstić information content (AvgIpc) is 3.61. The molecule has 3 aromatic heterocycles. The first-order valence-electron chi connectivity index (χ1n) is 19.3. The first-order valence-corrected chi connectivity index (χ1v) is 20.1. The van der Waals surface area contributed by atoms with Crippen molar-refractivity contribution < 1.29 is 41.0 Å². The van der Waals surface area contributed by atoms with Gasteiger partial charge in [0.05, 0.1) is 29.4 Å². The highest BCUT2D eigenvalue weighted by Crippen LogP contribution is 2.43. The van der Waals surface area contributed by atoms with Crippen LogP contribution >= 0.6 is 23.2 Å². The first kappa shape index (κ1) is 45.2. The van der Waals surface area contributed by atoms with Crippen LogP contribution < -0.4 is 20.9 Å². The molecule has 0 radical (unpaired) electrons. The van der Waals surface area contributed by atoms with Gasteiger partial charge < -0.3 is 25.0 Å². The number of hydrogen-bond donors (Lipinski definition) is 2. The topological polar surface area (TPSA) is 127 Å². The Hall–Kier alpha value is -5.32. The zero-order valence-electron chi connectivity index (χ0n) is 33.6. The molecular formula is C43H43Cl2F5N6O5. The predicted molar refractivity (Wildman–Crippen MR) is 222 cm³/mol. The standard InChI is InChI=1S/C43H43Cl2F5N6O5/c1-41(2,3)61-40(59)55(24-28-13-15-35(57)53-28)23-26-12-14-33(54-38(26)60-4)32-11-6-10-31(37(32)45)30-9-5-8-29(36(30)44)25-16-19-56-34(20-25)52-22-27(39(56)58)21-51-18-7-17-42(46,47)43(48,49)50/h5-6,8-12,14,16,19-20,22,28,51H,7,13,15,17-18,21,23-24H2,1-4H3,(H,53,57)/t28-/m0/s1. The lowest BCUT2D eigenvalue weighted by Crippen LogP contribution is -2.43. The SMILES string of the molecule is COc1nc(-c2cccc(-c3cccc(-c4ccn5c(=O)c(CNCCCC(F)(F)C(F)(F)F)cnc5c4)c3Cl)c2Cl)ccc1CN(C[C@@H]1CCC(=O)N1)C(=O)OC(C)(C)C. The molecular weight excluding hydrogens is 846 g/mol. The number of carbonyl (C=O) groups is 2. The minimum absolute atomic E-state index is 0.0683. The van der Waals surface area contributed by atoms with Crippen LogP contribution in [0.5, 0.6) is 5.88 Å². The highest BCUT2D eigenvalue weighted by molar-refractivity contribution is 6.39. The summed E-state index contributed by atoms with van der Waals surface area (Å²) in [6.45, 7) is 5.44. The lowest BCUT2D eigenvalue weighted by atomic mass is 9.97. The van der Waals surface area contributed by atoms with Gasteiger partial charge in [-0.2, -0.15) is 22.0 Å². The van der Waals surface area contributed by atoms with Crippen LogP contribution in [0.2, 0.25) is 10.0 Å². The number of rotatable bonds is 14. The minimum Gasteiger partial charge on any atom is -0.481 e. The monoisotopic (exact) mass is 888 g/mol. The molecule has 1 saturated heterocycles. The van der Waals surface area contributed by atoms with Gasteiger partial charge in [0.1, 0.15) is 11.2 Å². The Labute approximate surface area is 358 Å². The number of carbonyl (C=O) groups excluding carboxylic acids is 2. The Morgan fingerprint density at radius 3 is 2.26 bits per heavy atom. The third kappa shape index (κ3) is 10.6. The molecule has 0 unspecified atom stereocenters. The second-order valence-corrected chi connectivity index (χ2v) is 16.3. The largest absolute Gasteiger partial charge is 0.481 e. The van der Waals surface area contributed by atoms with E-state index in [0.29, 0.717) is 67.6 Å². The van der Waals surface area contributed by atoms with Crippen LogP contribution in [-0.2, 0) is 22.6 Å². The van der Waals surface area contributed by atoms with E-state index in [2.05, 4.69) is 15.6 Å². The van der Waals surface area contributed by atoms with Crippen LogP contribution in [0.3, 0.4) is 0 Å². The lowest BCUT2D eigenvalue weighted by molar-refractivity contribution is -0.284. The molecule has 0 spiro atoms. The summed E-state index contributed by atoms with van der Waals surface area (Å²) in [6, 6.07) is 17.6. The molecule has 1 aliphatic rings. The number of amides is 2. The Bertz CT molecular complexity index is 2490. The van der Waals surface area contributed by atoms with Crippen LogP contribution in [0.25, 0.3) is 39.2 Å². The summed E-state index contributed by atoms with van der Waals surface area (Å²) in [7, 11) is 1.48. The van der Waals surface area contributed by atoms with Gasteiger partial charge >= 0.3 is 18.2 Å². The molecule has 1 aliphatic heterocycles. The van der Waals surface area contributed by atoms with E-state index >= 15 is 0 Å². The third-order valence-electron chi connectivity index (χ3n) is 9.90. The Balaban J connectivity index is 1.21. The van der Waals surface area contributed by atoms with Crippen molar-refractivity contribution in [1.82, 2.24) is 29.9 Å². The van der Waals surface area contributed by atoms with Gasteiger partial charge in [-0.1, -0.05) is 59.6 Å². The number of alkyl halides is 5. The van der Waals surface area contributed by atoms with E-state index in [-0.39, 0.29) is 49.6 Å². The molecule has 1 atom stereocenters. The molecule has 1 fully saturated rings. The summed E-state index contributed by atoms with van der Waals surface area (Å²) >= 11 is 14.2. The average molecular weight is 890 g/mol. The van der Waals surface area contributed by atoms with Gasteiger partial charge in [-0.25, -0.2) is 14.8 Å². The Morgan fingerprint density at radius 2 is 1.62 bits per heavy atom. The molecule has 18 heteroatoms. The first-order chi connectivity index (χ1) is 28.8. The zero-order valence-corrected chi connectivity index (χ0v) is 35.2. The normalized spacial score (nSPS) is 14.6. The number of aromatic nitrogens is 3. The van der Waals surface area contributed by atoms with Gasteiger partial charge in [0.25, 0.3) is 5.56 Å². The minimum atomic E-state index is -5.62. The molecule has 61 heavy (non-hydrogen) atoms. The third-order valence-corrected chi connectivity index (χ3v) is 10.7. The summed E-state index contributed by atoms with van der Waals surface area (Å²) in [4.78, 5) is 49.1. The molecule has 0 aliphatic carbocycles. The fourth-order valence-corrected chi connectivity index (χ4v) is 7.50. The van der Waals surface area contributed by atoms with E-state index in [1.165, 1.54) is 28.8 Å². The van der Waals surface area contributed by atoms with Crippen LogP contribution in [0.1, 0.15) is 57.6 Å². The molecule has 0 bridgehead atoms. The number of benzene rings is 2. The highest BCUT2D eigenvalue weighted by atomic mass is 35.5. The molecule has 2 amide bonds. The molecule has 4 heterocycles. The van der Waals surface area contributed by atoms with Crippen molar-refractivity contribution in [2.24, 2.45) is 0 Å². The van der Waals surface area contributed by atoms with Crippen molar-refractivity contribution in [2.45, 2.75) is 83.3 Å². The summed E-state index contributed by atoms with van der Waals surface area (Å²) in [5.74, 6) is -4.59. The fourth-order valence-electron chi connectivity index (χ4n) is 6.84. The van der Waals surface area contributed by atoms with Gasteiger partial charge in [0.2, 0.25) is 11.8 Å². The quantitative estimate of drug-likeness (QED) is 0.0835. The van der Waals surface area contributed by atoms with Gasteiger partial charge in [0, 0.05) is 77.7 Å². The van der Waals surface area contributed by atoms with E-state index in [9.17, 15) is 36.3 Å². The molecule has 11 nitrogen and oxygen atoms in total. The van der Waals surface area contributed by atoms with Crippen LogP contribution in [0, 0.1) is 0 Å². The maximum atomic E-state index is 13.3. The maximum Gasteiger partial charge on any atom is 0.453 e. The zero-order chi connectivity index (χ0) is 44.3. The molecule has 5 aromatic rings. The second kappa shape index (κ2) is 18.3. The number of fused-ring (bicyclic) bond motifs is 1. The number of nitrogens with zero attached hydrogens (tertiary/aromatic N) is 4. The van der Waals surface area contributed by atoms with Crippen molar-refractivity contribution in [3.05, 3.63) is 105 Å². The maximum absolute atomic E-state index is 13.3. The number of pyridine rings is 2. The predicted octanol–water partition coefficient (Wildman–Crippen LogP) is 9.49. The van der Waals surface area contributed by atoms with Crippen molar-refractivity contribution in [3.63, 3.8) is 0 Å². The van der Waals surface area contributed by atoms with Gasteiger partial charge in [-0.15, -0.1) is 0 Å². The molecule has 2 aromatic carbocycles. The van der Waals surface area contributed by atoms with Crippen molar-refractivity contribution >= 4 is 40.8 Å². The van der Waals surface area contributed by atoms with Gasteiger partial charge in [0.15, 0.2) is 0 Å². The number of halogens is 7. The number of methoxy groups -OCH3 is 1. The van der Waals surface area contributed by atoms with E-state index in [4.69, 9.17) is 37.7 Å². The number of ether oxygens (including phenoxy) is 2. The van der Waals surface area contributed by atoms with E-state index in [1.807, 2.05) is 30.3 Å². The van der Waals surface area contributed by atoms with Crippen LogP contribution in [-0.4, -0.2) is 75.2 Å². The van der Waals surface area contributed by atoms with Crippen molar-refractivity contribution in [3.8, 4) is 39.4 Å². The van der Waals surface area contributed by atoms with Crippen molar-refractivity contribution in [2.75, 3.05) is 20.2 Å². The van der Waals surface area contributed by atoms with Gasteiger partial charge in [-0.3, -0.25) is 14.0 Å². The van der Waals surface area contributed by atoms with Crippen LogP contribution in [0.15, 0.2) is 77.9 Å². The molecule has 324 valence electrons. The number of nitrogens with one attached hydrogen (secondary N) is 2. The van der Waals surface area contributed by atoms with E-state index in [0.717, 1.165) is 0 Å². The Kier molecular flexibility index (Phi) is 13.6. The van der Waals surface area contributed by atoms with Crippen LogP contribution in [0.4, 0.5) is 26.7 Å². The smallest absolute Gasteiger partial charge is 0.453 e. The van der Waals surface area contributed by atoms with Gasteiger partial charge in [-0.05, 0) is 70.0 Å². The molecule has 2 N–H and O–H groups in total. The molecule has 0 saturated carbocycles. The summed E-state index contributed by atoms with van der Waals surface area (Å²) < 4.78 is 76.4. The lowest BCUT2D eigenvalue weighted by Gasteiger charge is -2.29.